The van der Waals surface area contributed by atoms with Gasteiger partial charge in [-0.2, -0.15) is 9.49 Å². The number of carbonyl (C=O) groups is 1. The van der Waals surface area contributed by atoms with Crippen LogP contribution in [0.5, 0.6) is 0 Å². The normalized spacial score (nSPS) is 10.3. The minimum atomic E-state index is -1.05. The molecule has 8 heteroatoms. The second-order valence-corrected chi connectivity index (χ2v) is 4.19. The number of carbonyl (C=O) groups excluding carboxylic acids is 1. The van der Waals surface area contributed by atoms with Crippen molar-refractivity contribution < 1.29 is 14.1 Å². The number of H-pyrrole nitrogens is 1. The molecule has 20 heavy (non-hydrogen) atoms. The third kappa shape index (κ3) is 2.48. The van der Waals surface area contributed by atoms with Crippen LogP contribution >= 0.6 is 0 Å². The predicted octanol–water partition coefficient (Wildman–Crippen LogP) is 2.33. The number of benzene rings is 1. The van der Waals surface area contributed by atoms with Gasteiger partial charge in [-0.15, -0.1) is 0 Å². The molecular formula is C12H11FN4O3. The van der Waals surface area contributed by atoms with Gasteiger partial charge in [0.15, 0.2) is 0 Å². The Bertz CT molecular complexity index is 677. The highest BCUT2D eigenvalue weighted by molar-refractivity contribution is 6.05. The molecule has 0 saturated heterocycles. The molecule has 1 heterocycles. The van der Waals surface area contributed by atoms with Crippen molar-refractivity contribution in [3.63, 3.8) is 0 Å². The van der Waals surface area contributed by atoms with Crippen molar-refractivity contribution in [3.8, 4) is 0 Å². The van der Waals surface area contributed by atoms with Gasteiger partial charge in [-0.05, 0) is 26.0 Å². The molecule has 0 bridgehead atoms. The summed E-state index contributed by atoms with van der Waals surface area (Å²) in [5, 5.41) is 19.7. The maximum absolute atomic E-state index is 13.5. The first-order chi connectivity index (χ1) is 9.40. The number of hydrogen-bond acceptors (Lipinski definition) is 4. The molecule has 7 nitrogen and oxygen atoms in total. The van der Waals surface area contributed by atoms with Crippen LogP contribution in [-0.4, -0.2) is 21.0 Å². The zero-order valence-corrected chi connectivity index (χ0v) is 10.7. The molecule has 0 atom stereocenters. The van der Waals surface area contributed by atoms with Gasteiger partial charge in [0.25, 0.3) is 5.91 Å². The van der Waals surface area contributed by atoms with Gasteiger partial charge >= 0.3 is 5.69 Å². The number of rotatable bonds is 3. The average Bonchev–Trinajstić information content (AvgIpc) is 2.70. The number of aromatic nitrogens is 2. The van der Waals surface area contributed by atoms with Crippen LogP contribution in [0.4, 0.5) is 15.8 Å². The lowest BCUT2D eigenvalue weighted by Crippen LogP contribution is -2.13. The maximum Gasteiger partial charge on any atom is 0.304 e. The number of halogens is 1. The Morgan fingerprint density at radius 2 is 2.15 bits per heavy atom. The lowest BCUT2D eigenvalue weighted by Gasteiger charge is -2.05. The molecule has 0 aliphatic rings. The number of hydrogen-bond donors (Lipinski definition) is 2. The Labute approximate surface area is 113 Å². The number of anilines is 1. The van der Waals surface area contributed by atoms with E-state index in [0.717, 1.165) is 12.1 Å². The monoisotopic (exact) mass is 278 g/mol. The molecule has 1 amide bonds. The van der Waals surface area contributed by atoms with E-state index in [4.69, 9.17) is 0 Å². The number of nitrogens with zero attached hydrogens (tertiary/aromatic N) is 2. The Morgan fingerprint density at radius 1 is 1.45 bits per heavy atom. The van der Waals surface area contributed by atoms with Crippen LogP contribution in [0.15, 0.2) is 18.2 Å². The first-order valence-electron chi connectivity index (χ1n) is 5.67. The summed E-state index contributed by atoms with van der Waals surface area (Å²) in [6, 6.07) is 2.98. The molecule has 1 aromatic heterocycles. The molecule has 0 fully saturated rings. The van der Waals surface area contributed by atoms with E-state index in [1.807, 2.05) is 0 Å². The Kier molecular flexibility index (Phi) is 3.47. The summed E-state index contributed by atoms with van der Waals surface area (Å²) in [6.45, 7) is 3.43. The van der Waals surface area contributed by atoms with Crippen LogP contribution in [-0.2, 0) is 0 Å². The SMILES string of the molecule is Cc1n[nH]c(C)c1NC(=O)c1ccc([N+](=O)[O-])c(F)c1. The van der Waals surface area contributed by atoms with Crippen molar-refractivity contribution in [1.82, 2.24) is 10.2 Å². The van der Waals surface area contributed by atoms with E-state index in [1.54, 1.807) is 13.8 Å². The van der Waals surface area contributed by atoms with Crippen molar-refractivity contribution in [2.24, 2.45) is 0 Å². The van der Waals surface area contributed by atoms with Gasteiger partial charge in [-0.25, -0.2) is 0 Å². The van der Waals surface area contributed by atoms with E-state index < -0.39 is 22.3 Å². The highest BCUT2D eigenvalue weighted by Gasteiger charge is 2.18. The van der Waals surface area contributed by atoms with Gasteiger partial charge in [0, 0.05) is 11.6 Å². The standard InChI is InChI=1S/C12H11FN4O3/c1-6-11(7(2)16-15-6)14-12(18)8-3-4-10(17(19)20)9(13)5-8/h3-5H,1-2H3,(H,14,18)(H,15,16). The molecule has 2 aromatic rings. The summed E-state index contributed by atoms with van der Waals surface area (Å²) in [7, 11) is 0. The van der Waals surface area contributed by atoms with Crippen LogP contribution < -0.4 is 5.32 Å². The van der Waals surface area contributed by atoms with Crippen LogP contribution in [0.1, 0.15) is 21.7 Å². The van der Waals surface area contributed by atoms with Crippen molar-refractivity contribution in [2.75, 3.05) is 5.32 Å². The van der Waals surface area contributed by atoms with Crippen LogP contribution in [0.25, 0.3) is 0 Å². The second kappa shape index (κ2) is 5.08. The topological polar surface area (TPSA) is 101 Å². The Morgan fingerprint density at radius 3 is 2.65 bits per heavy atom. The Balaban J connectivity index is 2.26. The summed E-state index contributed by atoms with van der Waals surface area (Å²) in [6.07, 6.45) is 0. The number of amides is 1. The van der Waals surface area contributed by atoms with Crippen LogP contribution in [0.3, 0.4) is 0 Å². The number of nitro benzene ring substituents is 1. The van der Waals surface area contributed by atoms with Gasteiger partial charge in [0.2, 0.25) is 5.82 Å². The molecular weight excluding hydrogens is 267 g/mol. The van der Waals surface area contributed by atoms with E-state index in [1.165, 1.54) is 6.07 Å². The fraction of sp³-hybridized carbons (Fsp3) is 0.167. The zero-order chi connectivity index (χ0) is 14.9. The third-order valence-electron chi connectivity index (χ3n) is 2.77. The molecule has 0 radical (unpaired) electrons. The third-order valence-corrected chi connectivity index (χ3v) is 2.77. The van der Waals surface area contributed by atoms with Crippen molar-refractivity contribution >= 4 is 17.3 Å². The lowest BCUT2D eigenvalue weighted by molar-refractivity contribution is -0.387. The van der Waals surface area contributed by atoms with Gasteiger partial charge in [-0.3, -0.25) is 20.0 Å². The smallest absolute Gasteiger partial charge is 0.304 e. The minimum Gasteiger partial charge on any atom is -0.319 e. The fourth-order valence-electron chi connectivity index (χ4n) is 1.72. The average molecular weight is 278 g/mol. The molecule has 1 aromatic carbocycles. The predicted molar refractivity (Wildman–Crippen MR) is 69.1 cm³/mol. The maximum atomic E-state index is 13.5. The van der Waals surface area contributed by atoms with E-state index in [-0.39, 0.29) is 5.56 Å². The van der Waals surface area contributed by atoms with E-state index in [9.17, 15) is 19.3 Å². The number of nitrogens with one attached hydrogen (secondary N) is 2. The van der Waals surface area contributed by atoms with Gasteiger partial charge in [-0.1, -0.05) is 0 Å². The zero-order valence-electron chi connectivity index (χ0n) is 10.7. The number of aryl methyl sites for hydroxylation is 2. The molecule has 0 saturated carbocycles. The van der Waals surface area contributed by atoms with Crippen molar-refractivity contribution in [2.45, 2.75) is 13.8 Å². The molecule has 2 rings (SSSR count). The molecule has 0 unspecified atom stereocenters. The first kappa shape index (κ1) is 13.7. The largest absolute Gasteiger partial charge is 0.319 e. The molecule has 0 spiro atoms. The summed E-state index contributed by atoms with van der Waals surface area (Å²) in [5.74, 6) is -1.62. The number of nitro groups is 1. The molecule has 104 valence electrons. The number of aromatic amines is 1. The van der Waals surface area contributed by atoms with Gasteiger partial charge < -0.3 is 5.32 Å². The lowest BCUT2D eigenvalue weighted by atomic mass is 10.1. The first-order valence-corrected chi connectivity index (χ1v) is 5.67. The highest BCUT2D eigenvalue weighted by atomic mass is 19.1. The van der Waals surface area contributed by atoms with Gasteiger partial charge in [0.1, 0.15) is 0 Å². The molecule has 0 aliphatic carbocycles. The van der Waals surface area contributed by atoms with E-state index >= 15 is 0 Å². The fourth-order valence-corrected chi connectivity index (χ4v) is 1.72. The molecule has 0 aliphatic heterocycles. The highest BCUT2D eigenvalue weighted by Crippen LogP contribution is 2.20. The summed E-state index contributed by atoms with van der Waals surface area (Å²) < 4.78 is 13.5. The molecule has 2 N–H and O–H groups in total. The van der Waals surface area contributed by atoms with Crippen LogP contribution in [0.2, 0.25) is 0 Å². The Hall–Kier alpha value is -2.77. The quantitative estimate of drug-likeness (QED) is 0.664. The summed E-state index contributed by atoms with van der Waals surface area (Å²) >= 11 is 0. The van der Waals surface area contributed by atoms with Crippen molar-refractivity contribution in [1.29, 1.82) is 0 Å². The summed E-state index contributed by atoms with van der Waals surface area (Å²) in [5.41, 5.74) is 1.09. The second-order valence-electron chi connectivity index (χ2n) is 4.19. The van der Waals surface area contributed by atoms with Gasteiger partial charge in [0.05, 0.1) is 22.0 Å². The summed E-state index contributed by atoms with van der Waals surface area (Å²) in [4.78, 5) is 21.6. The van der Waals surface area contributed by atoms with Crippen LogP contribution in [0, 0.1) is 29.8 Å². The van der Waals surface area contributed by atoms with E-state index in [2.05, 4.69) is 15.5 Å². The van der Waals surface area contributed by atoms with Crippen molar-refractivity contribution in [3.05, 3.63) is 51.1 Å². The minimum absolute atomic E-state index is 0.00639. The van der Waals surface area contributed by atoms with E-state index in [0.29, 0.717) is 17.1 Å².